The van der Waals surface area contributed by atoms with Crippen LogP contribution in [0.15, 0.2) is 49.3 Å². The fourth-order valence-electron chi connectivity index (χ4n) is 3.90. The van der Waals surface area contributed by atoms with Crippen molar-refractivity contribution < 1.29 is 14.0 Å². The molecule has 9 nitrogen and oxygen atoms in total. The lowest BCUT2D eigenvalue weighted by Crippen LogP contribution is -2.52. The maximum absolute atomic E-state index is 14.3. The van der Waals surface area contributed by atoms with E-state index in [-0.39, 0.29) is 37.7 Å². The summed E-state index contributed by atoms with van der Waals surface area (Å²) in [4.78, 5) is 29.8. The molecule has 1 N–H and O–H groups in total. The highest BCUT2D eigenvalue weighted by Crippen LogP contribution is 2.26. The Balaban J connectivity index is 1.67. The molecule has 0 bridgehead atoms. The number of nitriles is 1. The zero-order chi connectivity index (χ0) is 24.6. The summed E-state index contributed by atoms with van der Waals surface area (Å²) in [5.41, 5.74) is -0.724. The fourth-order valence-corrected chi connectivity index (χ4v) is 3.90. The molecule has 1 aliphatic heterocycles. The van der Waals surface area contributed by atoms with Crippen LogP contribution in [0.25, 0.3) is 5.69 Å². The van der Waals surface area contributed by atoms with Crippen LogP contribution in [0.4, 0.5) is 4.39 Å². The Bertz CT molecular complexity index is 1010. The highest BCUT2D eigenvalue weighted by atomic mass is 19.1. The Morgan fingerprint density at radius 2 is 2.06 bits per heavy atom. The number of benzene rings is 1. The van der Waals surface area contributed by atoms with Gasteiger partial charge in [0.25, 0.3) is 5.91 Å². The summed E-state index contributed by atoms with van der Waals surface area (Å²) < 4.78 is 15.9. The number of nitrogens with zero attached hydrogens (tertiary/aromatic N) is 6. The zero-order valence-electron chi connectivity index (χ0n) is 19.4. The summed E-state index contributed by atoms with van der Waals surface area (Å²) in [7, 11) is 1.96. The van der Waals surface area contributed by atoms with Crippen LogP contribution in [0.3, 0.4) is 0 Å². The maximum Gasteiger partial charge on any atom is 0.251 e. The van der Waals surface area contributed by atoms with Gasteiger partial charge in [-0.15, -0.1) is 11.7 Å². The van der Waals surface area contributed by atoms with Crippen molar-refractivity contribution in [2.75, 3.05) is 33.2 Å². The number of amides is 2. The molecule has 1 atom stereocenters. The first-order valence-corrected chi connectivity index (χ1v) is 11.3. The molecule has 0 spiro atoms. The highest BCUT2D eigenvalue weighted by Gasteiger charge is 2.37. The van der Waals surface area contributed by atoms with Gasteiger partial charge < -0.3 is 15.1 Å². The minimum atomic E-state index is -1.89. The molecule has 34 heavy (non-hydrogen) atoms. The van der Waals surface area contributed by atoms with Gasteiger partial charge in [-0.2, -0.15) is 5.26 Å². The van der Waals surface area contributed by atoms with Crippen LogP contribution < -0.4 is 5.32 Å². The van der Waals surface area contributed by atoms with Gasteiger partial charge in [0.1, 0.15) is 12.1 Å². The number of hydrogen-bond acceptors (Lipinski definition) is 6. The van der Waals surface area contributed by atoms with E-state index in [1.54, 1.807) is 58.4 Å². The van der Waals surface area contributed by atoms with Gasteiger partial charge in [-0.25, -0.2) is 9.07 Å². The molecule has 2 heterocycles. The normalized spacial score (nSPS) is 16.0. The summed E-state index contributed by atoms with van der Waals surface area (Å²) in [6, 6.07) is 7.78. The monoisotopic (exact) mass is 467 g/mol. The Morgan fingerprint density at radius 1 is 1.35 bits per heavy atom. The van der Waals surface area contributed by atoms with E-state index in [0.29, 0.717) is 18.4 Å². The van der Waals surface area contributed by atoms with Crippen molar-refractivity contribution in [1.29, 1.82) is 5.26 Å². The third-order valence-electron chi connectivity index (χ3n) is 5.96. The molecule has 1 saturated heterocycles. The minimum Gasteiger partial charge on any atom is -0.341 e. The summed E-state index contributed by atoms with van der Waals surface area (Å²) >= 11 is 0. The van der Waals surface area contributed by atoms with Gasteiger partial charge in [0, 0.05) is 38.0 Å². The third kappa shape index (κ3) is 6.48. The van der Waals surface area contributed by atoms with Crippen molar-refractivity contribution in [3.05, 3.63) is 54.9 Å². The first-order chi connectivity index (χ1) is 16.3. The second-order valence-electron chi connectivity index (χ2n) is 8.52. The van der Waals surface area contributed by atoms with E-state index in [0.717, 1.165) is 18.8 Å². The van der Waals surface area contributed by atoms with Gasteiger partial charge >= 0.3 is 0 Å². The molecular weight excluding hydrogens is 437 g/mol. The number of hydrogen-bond donors (Lipinski definition) is 1. The Hall–Kier alpha value is -3.58. The lowest BCUT2D eigenvalue weighted by Gasteiger charge is -2.35. The summed E-state index contributed by atoms with van der Waals surface area (Å²) in [6.07, 6.45) is 6.14. The van der Waals surface area contributed by atoms with Crippen LogP contribution in [-0.2, 0) is 4.79 Å². The fraction of sp³-hybridized carbons (Fsp3) is 0.458. The minimum absolute atomic E-state index is 0.0261. The molecule has 3 rings (SSSR count). The van der Waals surface area contributed by atoms with Crippen LogP contribution in [0.2, 0.25) is 0 Å². The molecule has 0 radical (unpaired) electrons. The Kier molecular flexibility index (Phi) is 8.49. The number of alkyl halides is 1. The molecule has 0 saturated carbocycles. The molecule has 1 aromatic heterocycles. The average molecular weight is 468 g/mol. The number of piperidine rings is 1. The molecule has 1 aromatic carbocycles. The number of likely N-dealkylation sites (N-methyl/N-ethyl adjacent to an activating group) is 1. The Morgan fingerprint density at radius 3 is 2.65 bits per heavy atom. The van der Waals surface area contributed by atoms with E-state index >= 15 is 0 Å². The predicted octanol–water partition coefficient (Wildman–Crippen LogP) is 2.12. The SMILES string of the molecule is C=CCN(C)CCC[C@H](NC(=O)c1ccc(-n2ccnn2)cc1)C(=O)N1CCC(F)(C#N)CC1. The summed E-state index contributed by atoms with van der Waals surface area (Å²) in [6.45, 7) is 5.49. The average Bonchev–Trinajstić information content (AvgIpc) is 3.39. The van der Waals surface area contributed by atoms with Gasteiger partial charge in [-0.1, -0.05) is 11.3 Å². The molecule has 180 valence electrons. The molecule has 2 amide bonds. The van der Waals surface area contributed by atoms with E-state index in [1.165, 1.54) is 0 Å². The van der Waals surface area contributed by atoms with Crippen LogP contribution in [0.5, 0.6) is 0 Å². The quantitative estimate of drug-likeness (QED) is 0.537. The largest absolute Gasteiger partial charge is 0.341 e. The number of halogens is 1. The molecule has 1 fully saturated rings. The molecule has 10 heteroatoms. The third-order valence-corrected chi connectivity index (χ3v) is 5.96. The number of carbonyl (C=O) groups is 2. The van der Waals surface area contributed by atoms with Crippen LogP contribution in [-0.4, -0.2) is 81.5 Å². The number of carbonyl (C=O) groups excluding carboxylic acids is 2. The lowest BCUT2D eigenvalue weighted by atomic mass is 9.94. The molecule has 2 aromatic rings. The number of nitrogens with one attached hydrogen (secondary N) is 1. The number of rotatable bonds is 10. The number of likely N-dealkylation sites (tertiary alicyclic amines) is 1. The van der Waals surface area contributed by atoms with E-state index in [9.17, 15) is 14.0 Å². The van der Waals surface area contributed by atoms with Crippen molar-refractivity contribution in [2.45, 2.75) is 37.4 Å². The topological polar surface area (TPSA) is 107 Å². The van der Waals surface area contributed by atoms with E-state index in [1.807, 2.05) is 7.05 Å². The summed E-state index contributed by atoms with van der Waals surface area (Å²) in [5.74, 6) is -0.615. The van der Waals surface area contributed by atoms with Gasteiger partial charge in [-0.05, 0) is 50.7 Å². The van der Waals surface area contributed by atoms with Gasteiger partial charge in [-0.3, -0.25) is 9.59 Å². The summed E-state index contributed by atoms with van der Waals surface area (Å²) in [5, 5.41) is 19.6. The van der Waals surface area contributed by atoms with Gasteiger partial charge in [0.15, 0.2) is 5.67 Å². The smallest absolute Gasteiger partial charge is 0.251 e. The number of aromatic nitrogens is 3. The van der Waals surface area contributed by atoms with E-state index in [4.69, 9.17) is 5.26 Å². The Labute approximate surface area is 198 Å². The van der Waals surface area contributed by atoms with Crippen molar-refractivity contribution >= 4 is 11.8 Å². The molecule has 1 aliphatic rings. The van der Waals surface area contributed by atoms with Crippen molar-refractivity contribution in [2.24, 2.45) is 0 Å². The van der Waals surface area contributed by atoms with Crippen molar-refractivity contribution in [1.82, 2.24) is 30.1 Å². The molecular formula is C24H30FN7O2. The van der Waals surface area contributed by atoms with Crippen LogP contribution in [0, 0.1) is 11.3 Å². The zero-order valence-corrected chi connectivity index (χ0v) is 19.4. The highest BCUT2D eigenvalue weighted by molar-refractivity contribution is 5.97. The van der Waals surface area contributed by atoms with E-state index in [2.05, 4.69) is 27.1 Å². The molecule has 0 unspecified atom stereocenters. The maximum atomic E-state index is 14.3. The van der Waals surface area contributed by atoms with Crippen LogP contribution >= 0.6 is 0 Å². The van der Waals surface area contributed by atoms with Crippen molar-refractivity contribution in [3.8, 4) is 11.8 Å². The standard InChI is InChI=1S/C24H30FN7O2/c1-3-13-30(2)14-4-5-21(23(34)31-15-10-24(25,18-26)11-16-31)28-22(33)19-6-8-20(9-7-19)32-17-12-27-29-32/h3,6-9,12,17,21H,1,4-5,10-11,13-16H2,2H3,(H,28,33)/t21-/m0/s1. The second-order valence-corrected chi connectivity index (χ2v) is 8.52. The molecule has 0 aliphatic carbocycles. The predicted molar refractivity (Wildman–Crippen MR) is 125 cm³/mol. The second kappa shape index (κ2) is 11.5. The van der Waals surface area contributed by atoms with Gasteiger partial charge in [0.05, 0.1) is 18.1 Å². The first kappa shape index (κ1) is 25.1. The van der Waals surface area contributed by atoms with Crippen molar-refractivity contribution in [3.63, 3.8) is 0 Å². The lowest BCUT2D eigenvalue weighted by molar-refractivity contribution is -0.135. The van der Waals surface area contributed by atoms with Crippen LogP contribution in [0.1, 0.15) is 36.0 Å². The van der Waals surface area contributed by atoms with Gasteiger partial charge in [0.2, 0.25) is 5.91 Å². The first-order valence-electron chi connectivity index (χ1n) is 11.3. The van der Waals surface area contributed by atoms with E-state index < -0.39 is 11.7 Å².